The molecule has 1 aromatic rings. The fourth-order valence-electron chi connectivity index (χ4n) is 3.82. The van der Waals surface area contributed by atoms with Gasteiger partial charge in [0.15, 0.2) is 0 Å². The molecule has 0 aromatic heterocycles. The first-order chi connectivity index (χ1) is 13.3. The molecule has 2 heterocycles. The molecular weight excluding hydrogens is 363 g/mol. The van der Waals surface area contributed by atoms with Crippen LogP contribution in [0.4, 0.5) is 9.18 Å². The van der Waals surface area contributed by atoms with Crippen LogP contribution in [-0.2, 0) is 16.1 Å². The van der Waals surface area contributed by atoms with Crippen LogP contribution in [0.3, 0.4) is 0 Å². The van der Waals surface area contributed by atoms with Gasteiger partial charge in [-0.2, -0.15) is 0 Å². The summed E-state index contributed by atoms with van der Waals surface area (Å²) < 4.78 is 13.2. The Balaban J connectivity index is 1.66. The molecule has 0 aliphatic carbocycles. The molecule has 4 amide bonds. The van der Waals surface area contributed by atoms with Crippen LogP contribution in [0.15, 0.2) is 24.3 Å². The minimum atomic E-state index is -0.508. The molecule has 2 saturated heterocycles. The molecule has 1 atom stereocenters. The Morgan fingerprint density at radius 2 is 1.93 bits per heavy atom. The van der Waals surface area contributed by atoms with Crippen molar-refractivity contribution in [2.75, 3.05) is 32.7 Å². The Labute approximate surface area is 164 Å². The van der Waals surface area contributed by atoms with Gasteiger partial charge in [0.2, 0.25) is 11.8 Å². The molecule has 1 unspecified atom stereocenters. The van der Waals surface area contributed by atoms with Crippen molar-refractivity contribution in [1.29, 1.82) is 0 Å². The Morgan fingerprint density at radius 3 is 2.54 bits per heavy atom. The maximum atomic E-state index is 13.2. The standard InChI is InChI=1S/C20H27FN4O3/c1-14(2)17-11-24(19(27)13-25-12-18(26)22-20(25)28)9-3-8-23(17)10-15-4-6-16(21)7-5-15/h4-7,14,17H,3,8-13H2,1-2H3,(H,22,26,28). The van der Waals surface area contributed by atoms with Gasteiger partial charge in [0.05, 0.1) is 0 Å². The highest BCUT2D eigenvalue weighted by molar-refractivity contribution is 6.03. The van der Waals surface area contributed by atoms with Gasteiger partial charge < -0.3 is 9.80 Å². The second-order valence-corrected chi connectivity index (χ2v) is 7.81. The minimum absolute atomic E-state index is 0.0668. The summed E-state index contributed by atoms with van der Waals surface area (Å²) in [6.07, 6.45) is 0.821. The average Bonchev–Trinajstić information content (AvgIpc) is 2.83. The fourth-order valence-corrected chi connectivity index (χ4v) is 3.82. The third kappa shape index (κ3) is 4.86. The van der Waals surface area contributed by atoms with Gasteiger partial charge in [-0.25, -0.2) is 9.18 Å². The van der Waals surface area contributed by atoms with Crippen molar-refractivity contribution >= 4 is 17.8 Å². The lowest BCUT2D eigenvalue weighted by Crippen LogP contribution is -2.48. The lowest BCUT2D eigenvalue weighted by Gasteiger charge is -2.35. The Bertz CT molecular complexity index is 737. The van der Waals surface area contributed by atoms with E-state index >= 15 is 0 Å². The molecule has 152 valence electrons. The van der Waals surface area contributed by atoms with Crippen molar-refractivity contribution in [3.05, 3.63) is 35.6 Å². The van der Waals surface area contributed by atoms with Gasteiger partial charge in [-0.15, -0.1) is 0 Å². The van der Waals surface area contributed by atoms with E-state index in [0.717, 1.165) is 18.5 Å². The second kappa shape index (κ2) is 8.68. The molecule has 2 fully saturated rings. The normalized spacial score (nSPS) is 21.2. The highest BCUT2D eigenvalue weighted by Crippen LogP contribution is 2.20. The smallest absolute Gasteiger partial charge is 0.325 e. The van der Waals surface area contributed by atoms with Crippen LogP contribution in [0, 0.1) is 11.7 Å². The number of nitrogens with zero attached hydrogens (tertiary/aromatic N) is 3. The second-order valence-electron chi connectivity index (χ2n) is 7.81. The summed E-state index contributed by atoms with van der Waals surface area (Å²) in [5.41, 5.74) is 1.04. The number of nitrogens with one attached hydrogen (secondary N) is 1. The zero-order valence-electron chi connectivity index (χ0n) is 16.4. The third-order valence-corrected chi connectivity index (χ3v) is 5.37. The van der Waals surface area contributed by atoms with Crippen LogP contribution in [0.2, 0.25) is 0 Å². The van der Waals surface area contributed by atoms with Gasteiger partial charge in [0, 0.05) is 32.2 Å². The molecular formula is C20H27FN4O3. The van der Waals surface area contributed by atoms with Crippen LogP contribution in [-0.4, -0.2) is 71.3 Å². The van der Waals surface area contributed by atoms with Crippen LogP contribution < -0.4 is 5.32 Å². The Morgan fingerprint density at radius 1 is 1.21 bits per heavy atom. The largest absolute Gasteiger partial charge is 0.340 e. The average molecular weight is 390 g/mol. The number of carbonyl (C=O) groups is 3. The molecule has 0 radical (unpaired) electrons. The molecule has 1 aromatic carbocycles. The summed E-state index contributed by atoms with van der Waals surface area (Å²) in [6, 6.07) is 6.18. The Hall–Kier alpha value is -2.48. The summed E-state index contributed by atoms with van der Waals surface area (Å²) in [6.45, 7) is 6.84. The van der Waals surface area contributed by atoms with Crippen molar-refractivity contribution < 1.29 is 18.8 Å². The van der Waals surface area contributed by atoms with Gasteiger partial charge in [-0.1, -0.05) is 26.0 Å². The molecule has 1 N–H and O–H groups in total. The molecule has 2 aliphatic heterocycles. The van der Waals surface area contributed by atoms with Gasteiger partial charge >= 0.3 is 6.03 Å². The number of imide groups is 1. The van der Waals surface area contributed by atoms with Crippen molar-refractivity contribution in [3.63, 3.8) is 0 Å². The maximum Gasteiger partial charge on any atom is 0.325 e. The van der Waals surface area contributed by atoms with E-state index in [2.05, 4.69) is 24.1 Å². The van der Waals surface area contributed by atoms with E-state index in [1.54, 1.807) is 17.0 Å². The van der Waals surface area contributed by atoms with Crippen molar-refractivity contribution in [2.24, 2.45) is 5.92 Å². The zero-order valence-corrected chi connectivity index (χ0v) is 16.4. The number of rotatable bonds is 5. The van der Waals surface area contributed by atoms with Crippen LogP contribution in [0.1, 0.15) is 25.8 Å². The maximum absolute atomic E-state index is 13.2. The topological polar surface area (TPSA) is 73.0 Å². The van der Waals surface area contributed by atoms with Crippen molar-refractivity contribution in [3.8, 4) is 0 Å². The van der Waals surface area contributed by atoms with Gasteiger partial charge in [-0.05, 0) is 30.0 Å². The molecule has 0 saturated carbocycles. The molecule has 28 heavy (non-hydrogen) atoms. The predicted octanol–water partition coefficient (Wildman–Crippen LogP) is 1.44. The first kappa shape index (κ1) is 20.3. The molecule has 8 heteroatoms. The quantitative estimate of drug-likeness (QED) is 0.772. The predicted molar refractivity (Wildman–Crippen MR) is 102 cm³/mol. The number of benzene rings is 1. The van der Waals surface area contributed by atoms with Crippen molar-refractivity contribution in [2.45, 2.75) is 32.9 Å². The number of urea groups is 1. The fraction of sp³-hybridized carbons (Fsp3) is 0.550. The first-order valence-corrected chi connectivity index (χ1v) is 9.68. The lowest BCUT2D eigenvalue weighted by molar-refractivity contribution is -0.132. The van der Waals surface area contributed by atoms with Crippen LogP contribution in [0.5, 0.6) is 0 Å². The van der Waals surface area contributed by atoms with E-state index in [0.29, 0.717) is 25.6 Å². The lowest BCUT2D eigenvalue weighted by atomic mass is 10.0. The summed E-state index contributed by atoms with van der Waals surface area (Å²) in [5.74, 6) is -0.440. The number of halogens is 1. The summed E-state index contributed by atoms with van der Waals surface area (Å²) in [7, 11) is 0. The van der Waals surface area contributed by atoms with E-state index in [-0.39, 0.29) is 36.8 Å². The number of amides is 4. The summed E-state index contributed by atoms with van der Waals surface area (Å²) in [4.78, 5) is 41.2. The van der Waals surface area contributed by atoms with Gasteiger partial charge in [0.1, 0.15) is 18.9 Å². The first-order valence-electron chi connectivity index (χ1n) is 9.68. The van der Waals surface area contributed by atoms with Crippen LogP contribution >= 0.6 is 0 Å². The molecule has 7 nitrogen and oxygen atoms in total. The van der Waals surface area contributed by atoms with Crippen molar-refractivity contribution in [1.82, 2.24) is 20.0 Å². The van der Waals surface area contributed by atoms with Gasteiger partial charge in [-0.3, -0.25) is 19.8 Å². The van der Waals surface area contributed by atoms with E-state index in [9.17, 15) is 18.8 Å². The number of hydrogen-bond acceptors (Lipinski definition) is 4. The summed E-state index contributed by atoms with van der Waals surface area (Å²) >= 11 is 0. The molecule has 2 aliphatic rings. The number of hydrogen-bond donors (Lipinski definition) is 1. The van der Waals surface area contributed by atoms with Gasteiger partial charge in [0.25, 0.3) is 0 Å². The minimum Gasteiger partial charge on any atom is -0.340 e. The van der Waals surface area contributed by atoms with E-state index < -0.39 is 6.03 Å². The monoisotopic (exact) mass is 390 g/mol. The zero-order chi connectivity index (χ0) is 20.3. The molecule has 3 rings (SSSR count). The highest BCUT2D eigenvalue weighted by Gasteiger charge is 2.33. The molecule has 0 bridgehead atoms. The van der Waals surface area contributed by atoms with E-state index in [4.69, 9.17) is 0 Å². The SMILES string of the molecule is CC(C)C1CN(C(=O)CN2CC(=O)NC2=O)CCCN1Cc1ccc(F)cc1. The van der Waals surface area contributed by atoms with E-state index in [1.165, 1.54) is 17.0 Å². The summed E-state index contributed by atoms with van der Waals surface area (Å²) in [5, 5.41) is 2.20. The van der Waals surface area contributed by atoms with Crippen LogP contribution in [0.25, 0.3) is 0 Å². The highest BCUT2D eigenvalue weighted by atomic mass is 19.1. The molecule has 0 spiro atoms. The van der Waals surface area contributed by atoms with E-state index in [1.807, 2.05) is 0 Å². The Kier molecular flexibility index (Phi) is 6.28. The third-order valence-electron chi connectivity index (χ3n) is 5.37. The number of carbonyl (C=O) groups excluding carboxylic acids is 3.